The number of hydrogen-bond donors (Lipinski definition) is 3. The van der Waals surface area contributed by atoms with Crippen molar-refractivity contribution in [1.82, 2.24) is 34.6 Å². The summed E-state index contributed by atoms with van der Waals surface area (Å²) < 4.78 is 17.4. The number of alkyl halides is 1. The number of carbonyl (C=O) groups is 1. The molecule has 33 heavy (non-hydrogen) atoms. The van der Waals surface area contributed by atoms with Crippen LogP contribution < -0.4 is 10.6 Å². The molecule has 1 amide bonds. The number of aliphatic hydroxyl groups is 1. The van der Waals surface area contributed by atoms with Crippen LogP contribution in [0.15, 0.2) is 43.2 Å². The van der Waals surface area contributed by atoms with Crippen molar-refractivity contribution in [2.24, 2.45) is 7.05 Å². The second kappa shape index (κ2) is 8.75. The minimum atomic E-state index is -1.64. The first-order chi connectivity index (χ1) is 15.6. The van der Waals surface area contributed by atoms with Gasteiger partial charge in [-0.05, 0) is 19.9 Å². The van der Waals surface area contributed by atoms with E-state index in [1.165, 1.54) is 26.2 Å². The van der Waals surface area contributed by atoms with Crippen molar-refractivity contribution >= 4 is 40.0 Å². The van der Waals surface area contributed by atoms with Gasteiger partial charge in [-0.1, -0.05) is 11.6 Å². The minimum Gasteiger partial charge on any atom is -0.387 e. The molecule has 0 radical (unpaired) electrons. The number of aryl methyl sites for hydroxylation is 1. The molecule has 0 spiro atoms. The molecular formula is C21H22ClFN8O2. The fourth-order valence-electron chi connectivity index (χ4n) is 3.07. The highest BCUT2D eigenvalue weighted by Crippen LogP contribution is 2.25. The average molecular weight is 473 g/mol. The standard InChI is InChI=1S/C21H22ClFN8O2/c1-21(2,33)17(23)9-26-20(32)14-8-24-18(5-15(14)29-13-7-28-30(3)10-13)31-11-27-16-4-12(22)6-25-19(16)31/h4-8,10-11,17,33H,9H2,1-3H3,(H,24,29)(H,26,32). The molecule has 172 valence electrons. The lowest BCUT2D eigenvalue weighted by Crippen LogP contribution is -2.42. The average Bonchev–Trinajstić information content (AvgIpc) is 3.36. The fraction of sp³-hybridized carbons (Fsp3) is 0.286. The summed E-state index contributed by atoms with van der Waals surface area (Å²) in [5.74, 6) is -0.0946. The third kappa shape index (κ3) is 4.94. The Morgan fingerprint density at radius 1 is 1.24 bits per heavy atom. The minimum absolute atomic E-state index is 0.186. The van der Waals surface area contributed by atoms with Gasteiger partial charge >= 0.3 is 0 Å². The van der Waals surface area contributed by atoms with Crippen molar-refractivity contribution in [3.63, 3.8) is 0 Å². The van der Waals surface area contributed by atoms with Gasteiger partial charge in [-0.2, -0.15) is 5.10 Å². The second-order valence-corrected chi connectivity index (χ2v) is 8.49. The van der Waals surface area contributed by atoms with Gasteiger partial charge in [0, 0.05) is 31.7 Å². The number of anilines is 2. The third-order valence-electron chi connectivity index (χ3n) is 4.93. The summed E-state index contributed by atoms with van der Waals surface area (Å²) in [5.41, 5.74) is 0.801. The number of pyridine rings is 2. The van der Waals surface area contributed by atoms with Crippen molar-refractivity contribution in [2.45, 2.75) is 25.6 Å². The van der Waals surface area contributed by atoms with Crippen molar-refractivity contribution in [3.05, 3.63) is 53.8 Å². The molecule has 4 rings (SSSR count). The summed E-state index contributed by atoms with van der Waals surface area (Å²) in [7, 11) is 1.77. The first kappa shape index (κ1) is 22.6. The fourth-order valence-corrected chi connectivity index (χ4v) is 3.23. The number of carbonyl (C=O) groups excluding carboxylic acids is 1. The van der Waals surface area contributed by atoms with Gasteiger partial charge < -0.3 is 15.7 Å². The second-order valence-electron chi connectivity index (χ2n) is 8.06. The van der Waals surface area contributed by atoms with Crippen LogP contribution in [0.5, 0.6) is 0 Å². The molecule has 10 nitrogen and oxygen atoms in total. The maximum absolute atomic E-state index is 14.1. The van der Waals surface area contributed by atoms with Crippen LogP contribution in [0.2, 0.25) is 5.02 Å². The zero-order valence-electron chi connectivity index (χ0n) is 18.1. The van der Waals surface area contributed by atoms with Gasteiger partial charge in [0.2, 0.25) is 0 Å². The highest BCUT2D eigenvalue weighted by Gasteiger charge is 2.27. The maximum Gasteiger partial charge on any atom is 0.255 e. The lowest BCUT2D eigenvalue weighted by atomic mass is 10.0. The van der Waals surface area contributed by atoms with E-state index in [1.54, 1.807) is 47.2 Å². The van der Waals surface area contributed by atoms with E-state index in [2.05, 4.69) is 30.7 Å². The summed E-state index contributed by atoms with van der Waals surface area (Å²) >= 11 is 5.99. The molecule has 1 unspecified atom stereocenters. The van der Waals surface area contributed by atoms with E-state index in [9.17, 15) is 14.3 Å². The normalized spacial score (nSPS) is 12.7. The van der Waals surface area contributed by atoms with Crippen LogP contribution in [0.1, 0.15) is 24.2 Å². The van der Waals surface area contributed by atoms with Crippen LogP contribution in [0.3, 0.4) is 0 Å². The molecule has 0 aliphatic carbocycles. The van der Waals surface area contributed by atoms with Gasteiger partial charge in [-0.15, -0.1) is 0 Å². The number of aromatic nitrogens is 6. The Morgan fingerprint density at radius 3 is 2.73 bits per heavy atom. The van der Waals surface area contributed by atoms with Crippen LogP contribution in [0, 0.1) is 0 Å². The predicted octanol–water partition coefficient (Wildman–Crippen LogP) is 2.78. The highest BCUT2D eigenvalue weighted by molar-refractivity contribution is 6.31. The molecule has 0 bridgehead atoms. The smallest absolute Gasteiger partial charge is 0.255 e. The number of amides is 1. The molecule has 12 heteroatoms. The van der Waals surface area contributed by atoms with Crippen LogP contribution in [-0.4, -0.2) is 58.6 Å². The highest BCUT2D eigenvalue weighted by atomic mass is 35.5. The molecule has 0 fully saturated rings. The Kier molecular flexibility index (Phi) is 6.00. The van der Waals surface area contributed by atoms with E-state index < -0.39 is 17.7 Å². The van der Waals surface area contributed by atoms with E-state index in [0.717, 1.165) is 0 Å². The monoisotopic (exact) mass is 472 g/mol. The van der Waals surface area contributed by atoms with Gasteiger partial charge in [-0.25, -0.2) is 19.3 Å². The van der Waals surface area contributed by atoms with Crippen molar-refractivity contribution in [2.75, 3.05) is 11.9 Å². The van der Waals surface area contributed by atoms with Gasteiger partial charge in [0.25, 0.3) is 5.91 Å². The molecule has 0 saturated heterocycles. The lowest BCUT2D eigenvalue weighted by Gasteiger charge is -2.22. The molecule has 4 heterocycles. The summed E-state index contributed by atoms with van der Waals surface area (Å²) in [6.07, 6.45) is 6.14. The van der Waals surface area contributed by atoms with E-state index in [-0.39, 0.29) is 12.1 Å². The largest absolute Gasteiger partial charge is 0.387 e. The molecule has 0 aliphatic heterocycles. The van der Waals surface area contributed by atoms with E-state index in [1.807, 2.05) is 0 Å². The molecule has 0 aromatic carbocycles. The third-order valence-corrected chi connectivity index (χ3v) is 5.13. The number of fused-ring (bicyclic) bond motifs is 1. The van der Waals surface area contributed by atoms with E-state index >= 15 is 0 Å². The number of nitrogens with zero attached hydrogens (tertiary/aromatic N) is 6. The van der Waals surface area contributed by atoms with Gasteiger partial charge in [-0.3, -0.25) is 14.0 Å². The Morgan fingerprint density at radius 2 is 2.03 bits per heavy atom. The summed E-state index contributed by atoms with van der Waals surface area (Å²) in [6.45, 7) is 2.33. The summed E-state index contributed by atoms with van der Waals surface area (Å²) in [4.78, 5) is 25.8. The molecule has 0 saturated carbocycles. The van der Waals surface area contributed by atoms with Crippen LogP contribution in [0.4, 0.5) is 15.8 Å². The molecular weight excluding hydrogens is 451 g/mol. The van der Waals surface area contributed by atoms with Gasteiger partial charge in [0.15, 0.2) is 5.65 Å². The van der Waals surface area contributed by atoms with Crippen molar-refractivity contribution < 1.29 is 14.3 Å². The first-order valence-electron chi connectivity index (χ1n) is 10.0. The zero-order valence-corrected chi connectivity index (χ0v) is 18.9. The number of nitrogens with one attached hydrogen (secondary N) is 2. The Balaban J connectivity index is 1.69. The number of hydrogen-bond acceptors (Lipinski definition) is 7. The molecule has 1 atom stereocenters. The zero-order chi connectivity index (χ0) is 23.8. The predicted molar refractivity (Wildman–Crippen MR) is 122 cm³/mol. The molecule has 4 aromatic heterocycles. The maximum atomic E-state index is 14.1. The molecule has 4 aromatic rings. The Bertz CT molecular complexity index is 1310. The Labute approximate surface area is 193 Å². The lowest BCUT2D eigenvalue weighted by molar-refractivity contribution is -0.00177. The van der Waals surface area contributed by atoms with Crippen LogP contribution in [0.25, 0.3) is 17.0 Å². The van der Waals surface area contributed by atoms with Gasteiger partial charge in [0.05, 0.1) is 40.3 Å². The Hall–Kier alpha value is -3.57. The SMILES string of the molecule is Cn1cc(Nc2cc(-n3cnc4cc(Cl)cnc43)ncc2C(=O)NCC(F)C(C)(C)O)cn1. The summed E-state index contributed by atoms with van der Waals surface area (Å²) in [6, 6.07) is 3.34. The first-order valence-corrected chi connectivity index (χ1v) is 10.4. The van der Waals surface area contributed by atoms with Gasteiger partial charge in [0.1, 0.15) is 23.8 Å². The number of imidazole rings is 1. The van der Waals surface area contributed by atoms with Crippen molar-refractivity contribution in [3.8, 4) is 5.82 Å². The van der Waals surface area contributed by atoms with Crippen LogP contribution >= 0.6 is 11.6 Å². The molecule has 3 N–H and O–H groups in total. The number of halogens is 2. The van der Waals surface area contributed by atoms with Crippen LogP contribution in [-0.2, 0) is 7.05 Å². The quantitative estimate of drug-likeness (QED) is 0.378. The summed E-state index contributed by atoms with van der Waals surface area (Å²) in [5, 5.41) is 20.0. The van der Waals surface area contributed by atoms with E-state index in [0.29, 0.717) is 33.4 Å². The molecule has 0 aliphatic rings. The van der Waals surface area contributed by atoms with E-state index in [4.69, 9.17) is 11.6 Å². The van der Waals surface area contributed by atoms with Crippen molar-refractivity contribution in [1.29, 1.82) is 0 Å². The topological polar surface area (TPSA) is 123 Å². The number of rotatable bonds is 7.